The van der Waals surface area contributed by atoms with Crippen molar-refractivity contribution >= 4 is 45.4 Å². The Bertz CT molecular complexity index is 1160. The van der Waals surface area contributed by atoms with Crippen molar-refractivity contribution in [2.24, 2.45) is 0 Å². The number of methoxy groups -OCH3 is 2. The van der Waals surface area contributed by atoms with E-state index in [4.69, 9.17) is 9.47 Å². The highest BCUT2D eigenvalue weighted by Crippen LogP contribution is 2.29. The van der Waals surface area contributed by atoms with Gasteiger partial charge in [-0.25, -0.2) is 4.98 Å². The molecule has 28 heavy (non-hydrogen) atoms. The first-order valence-corrected chi connectivity index (χ1v) is 9.42. The number of hydrogen-bond donors (Lipinski definition) is 2. The molecule has 142 valence electrons. The molecule has 0 atom stereocenters. The fraction of sp³-hybridized carbons (Fsp3) is 0.158. The minimum atomic E-state index is -0.211. The molecule has 4 rings (SSSR count). The van der Waals surface area contributed by atoms with E-state index >= 15 is 0 Å². The van der Waals surface area contributed by atoms with Crippen molar-refractivity contribution in [2.75, 3.05) is 25.3 Å². The van der Waals surface area contributed by atoms with Crippen LogP contribution in [0.15, 0.2) is 47.6 Å². The average Bonchev–Trinajstić information content (AvgIpc) is 3.10. The van der Waals surface area contributed by atoms with Crippen LogP contribution >= 0.6 is 11.8 Å². The Kier molecular flexibility index (Phi) is 4.98. The molecule has 4 aromatic rings. The highest BCUT2D eigenvalue weighted by Gasteiger charge is 2.12. The largest absolute Gasteiger partial charge is 0.497 e. The molecular formula is C19H17N5O3S. The number of carbonyl (C=O) groups is 1. The molecule has 8 nitrogen and oxygen atoms in total. The second-order valence-electron chi connectivity index (χ2n) is 5.87. The van der Waals surface area contributed by atoms with E-state index in [-0.39, 0.29) is 11.7 Å². The van der Waals surface area contributed by atoms with Crippen LogP contribution in [0.1, 0.15) is 0 Å². The lowest BCUT2D eigenvalue weighted by molar-refractivity contribution is -0.113. The third-order valence-corrected chi connectivity index (χ3v) is 4.95. The summed E-state index contributed by atoms with van der Waals surface area (Å²) in [7, 11) is 3.11. The monoisotopic (exact) mass is 395 g/mol. The standard InChI is InChI=1S/C19H17N5O3S/c1-26-11-7-8-15(27-2)14(9-11)20-16(25)10-28-19-22-18-17(23-24-19)12-5-3-4-6-13(12)21-18/h3-9H,10H2,1-2H3,(H,20,25)(H,21,22,24). The SMILES string of the molecule is COc1ccc(OC)c(NC(=O)CSc2nnc3c(n2)[nH]c2ccccc23)c1. The number of para-hydroxylation sites is 1. The number of anilines is 1. The van der Waals surface area contributed by atoms with Crippen LogP contribution in [0.5, 0.6) is 11.5 Å². The van der Waals surface area contributed by atoms with Crippen molar-refractivity contribution in [1.29, 1.82) is 0 Å². The summed E-state index contributed by atoms with van der Waals surface area (Å²) in [6.07, 6.45) is 0. The van der Waals surface area contributed by atoms with Gasteiger partial charge in [0.15, 0.2) is 5.65 Å². The number of amides is 1. The number of aromatic amines is 1. The number of hydrogen-bond acceptors (Lipinski definition) is 7. The van der Waals surface area contributed by atoms with Gasteiger partial charge in [0.2, 0.25) is 11.1 Å². The van der Waals surface area contributed by atoms with Crippen molar-refractivity contribution in [3.8, 4) is 11.5 Å². The van der Waals surface area contributed by atoms with E-state index < -0.39 is 0 Å². The normalized spacial score (nSPS) is 10.9. The van der Waals surface area contributed by atoms with Gasteiger partial charge in [-0.1, -0.05) is 30.0 Å². The Hall–Kier alpha value is -3.33. The molecule has 0 fully saturated rings. The minimum absolute atomic E-state index is 0.133. The van der Waals surface area contributed by atoms with Crippen molar-refractivity contribution in [2.45, 2.75) is 5.16 Å². The van der Waals surface area contributed by atoms with E-state index in [1.165, 1.54) is 11.8 Å². The van der Waals surface area contributed by atoms with Crippen molar-refractivity contribution in [3.63, 3.8) is 0 Å². The number of carbonyl (C=O) groups excluding carboxylic acids is 1. The zero-order chi connectivity index (χ0) is 19.5. The summed E-state index contributed by atoms with van der Waals surface area (Å²) in [6.45, 7) is 0. The fourth-order valence-corrected chi connectivity index (χ4v) is 3.38. The molecule has 2 N–H and O–H groups in total. The Morgan fingerprint density at radius 1 is 1.14 bits per heavy atom. The highest BCUT2D eigenvalue weighted by atomic mass is 32.2. The number of benzene rings is 2. The van der Waals surface area contributed by atoms with Crippen molar-refractivity contribution < 1.29 is 14.3 Å². The Balaban J connectivity index is 1.47. The Labute approximate surface area is 164 Å². The van der Waals surface area contributed by atoms with Crippen LogP contribution in [0, 0.1) is 0 Å². The molecule has 2 aromatic carbocycles. The summed E-state index contributed by atoms with van der Waals surface area (Å²) in [5.74, 6) is 1.10. The van der Waals surface area contributed by atoms with Gasteiger partial charge in [0.1, 0.15) is 17.0 Å². The zero-order valence-electron chi connectivity index (χ0n) is 15.2. The Morgan fingerprint density at radius 3 is 2.82 bits per heavy atom. The average molecular weight is 395 g/mol. The number of nitrogens with one attached hydrogen (secondary N) is 2. The number of rotatable bonds is 6. The molecule has 1 amide bonds. The lowest BCUT2D eigenvalue weighted by Gasteiger charge is -2.11. The van der Waals surface area contributed by atoms with Gasteiger partial charge in [-0.15, -0.1) is 10.2 Å². The predicted molar refractivity (Wildman–Crippen MR) is 108 cm³/mol. The molecule has 0 saturated heterocycles. The molecular weight excluding hydrogens is 378 g/mol. The van der Waals surface area contributed by atoms with Crippen LogP contribution in [-0.4, -0.2) is 46.0 Å². The topological polar surface area (TPSA) is 102 Å². The molecule has 0 bridgehead atoms. The molecule has 0 radical (unpaired) electrons. The summed E-state index contributed by atoms with van der Waals surface area (Å²) < 4.78 is 10.5. The zero-order valence-corrected chi connectivity index (χ0v) is 16.0. The summed E-state index contributed by atoms with van der Waals surface area (Å²) in [4.78, 5) is 20.0. The number of ether oxygens (including phenoxy) is 2. The van der Waals surface area contributed by atoms with Crippen LogP contribution in [0.4, 0.5) is 5.69 Å². The van der Waals surface area contributed by atoms with Crippen LogP contribution < -0.4 is 14.8 Å². The van der Waals surface area contributed by atoms with E-state index in [2.05, 4.69) is 25.5 Å². The first-order valence-electron chi connectivity index (χ1n) is 8.44. The van der Waals surface area contributed by atoms with E-state index in [1.54, 1.807) is 32.4 Å². The van der Waals surface area contributed by atoms with Gasteiger partial charge in [-0.3, -0.25) is 4.79 Å². The first kappa shape index (κ1) is 18.1. The van der Waals surface area contributed by atoms with E-state index in [9.17, 15) is 4.79 Å². The molecule has 0 aliphatic carbocycles. The smallest absolute Gasteiger partial charge is 0.234 e. The maximum atomic E-state index is 12.3. The second-order valence-corrected chi connectivity index (χ2v) is 6.81. The lowest BCUT2D eigenvalue weighted by Crippen LogP contribution is -2.15. The van der Waals surface area contributed by atoms with Gasteiger partial charge in [0.25, 0.3) is 0 Å². The number of aromatic nitrogens is 4. The minimum Gasteiger partial charge on any atom is -0.497 e. The third kappa shape index (κ3) is 3.56. The summed E-state index contributed by atoms with van der Waals surface area (Å²) in [5, 5.41) is 12.6. The van der Waals surface area contributed by atoms with Crippen LogP contribution in [-0.2, 0) is 4.79 Å². The van der Waals surface area contributed by atoms with Crippen LogP contribution in [0.25, 0.3) is 22.1 Å². The molecule has 0 unspecified atom stereocenters. The number of nitrogens with zero attached hydrogens (tertiary/aromatic N) is 3. The molecule has 2 aromatic heterocycles. The van der Waals surface area contributed by atoms with E-state index in [1.807, 2.05) is 24.3 Å². The van der Waals surface area contributed by atoms with Crippen LogP contribution in [0.2, 0.25) is 0 Å². The molecule has 0 aliphatic heterocycles. The molecule has 0 spiro atoms. The van der Waals surface area contributed by atoms with Gasteiger partial charge in [0.05, 0.1) is 25.7 Å². The predicted octanol–water partition coefficient (Wildman–Crippen LogP) is 3.25. The van der Waals surface area contributed by atoms with Gasteiger partial charge >= 0.3 is 0 Å². The summed E-state index contributed by atoms with van der Waals surface area (Å²) in [6, 6.07) is 13.0. The molecule has 0 aliphatic rings. The number of thioether (sulfide) groups is 1. The Morgan fingerprint density at radius 2 is 2.00 bits per heavy atom. The van der Waals surface area contributed by atoms with Crippen molar-refractivity contribution in [3.05, 3.63) is 42.5 Å². The van der Waals surface area contributed by atoms with Gasteiger partial charge < -0.3 is 19.8 Å². The quantitative estimate of drug-likeness (QED) is 0.483. The molecule has 9 heteroatoms. The van der Waals surface area contributed by atoms with E-state index in [0.717, 1.165) is 10.9 Å². The maximum Gasteiger partial charge on any atom is 0.234 e. The fourth-order valence-electron chi connectivity index (χ4n) is 2.80. The number of H-pyrrole nitrogens is 1. The van der Waals surface area contributed by atoms with Crippen LogP contribution in [0.3, 0.4) is 0 Å². The third-order valence-electron chi connectivity index (χ3n) is 4.12. The lowest BCUT2D eigenvalue weighted by atomic mass is 10.2. The second kappa shape index (κ2) is 7.73. The van der Waals surface area contributed by atoms with E-state index in [0.29, 0.717) is 33.5 Å². The first-order chi connectivity index (χ1) is 13.7. The van der Waals surface area contributed by atoms with Gasteiger partial charge in [0, 0.05) is 17.0 Å². The number of fused-ring (bicyclic) bond motifs is 3. The summed E-state index contributed by atoms with van der Waals surface area (Å²) in [5.41, 5.74) is 2.85. The molecule has 2 heterocycles. The summed E-state index contributed by atoms with van der Waals surface area (Å²) >= 11 is 1.21. The van der Waals surface area contributed by atoms with Gasteiger partial charge in [-0.2, -0.15) is 0 Å². The van der Waals surface area contributed by atoms with Crippen molar-refractivity contribution in [1.82, 2.24) is 20.2 Å². The highest BCUT2D eigenvalue weighted by molar-refractivity contribution is 7.99. The van der Waals surface area contributed by atoms with Gasteiger partial charge in [-0.05, 0) is 18.2 Å². The molecule has 0 saturated carbocycles. The maximum absolute atomic E-state index is 12.3.